The van der Waals surface area contributed by atoms with Crippen LogP contribution in [0.3, 0.4) is 0 Å². The average Bonchev–Trinajstić information content (AvgIpc) is 2.43. The molecule has 22 heavy (non-hydrogen) atoms. The molecule has 0 bridgehead atoms. The zero-order valence-corrected chi connectivity index (χ0v) is 12.1. The minimum absolute atomic E-state index is 0.0202. The minimum atomic E-state index is -1.16. The van der Waals surface area contributed by atoms with Gasteiger partial charge in [0, 0.05) is 23.0 Å². The molecule has 0 aliphatic rings. The number of amides is 1. The molecule has 6 nitrogen and oxygen atoms in total. The third-order valence-electron chi connectivity index (χ3n) is 3.23. The van der Waals surface area contributed by atoms with Gasteiger partial charge in [-0.05, 0) is 32.0 Å². The van der Waals surface area contributed by atoms with Crippen molar-refractivity contribution in [1.82, 2.24) is 9.88 Å². The van der Waals surface area contributed by atoms with Gasteiger partial charge in [-0.25, -0.2) is 4.39 Å². The van der Waals surface area contributed by atoms with Crippen molar-refractivity contribution in [2.75, 3.05) is 6.54 Å². The number of halogens is 1. The SMILES string of the molecule is CC(C)N(CC(=O)O)C(=O)c1cc(=O)[nH]c2ccc(F)cc12. The molecule has 0 aliphatic heterocycles. The number of carboxylic acid groups (broad SMARTS) is 1. The molecule has 0 unspecified atom stereocenters. The first-order valence-electron chi connectivity index (χ1n) is 6.65. The van der Waals surface area contributed by atoms with Crippen molar-refractivity contribution in [3.05, 3.63) is 46.0 Å². The topological polar surface area (TPSA) is 90.5 Å². The highest BCUT2D eigenvalue weighted by Crippen LogP contribution is 2.19. The summed E-state index contributed by atoms with van der Waals surface area (Å²) in [4.78, 5) is 38.8. The number of hydrogen-bond donors (Lipinski definition) is 2. The van der Waals surface area contributed by atoms with Crippen LogP contribution >= 0.6 is 0 Å². The highest BCUT2D eigenvalue weighted by molar-refractivity contribution is 6.06. The molecule has 2 aromatic rings. The quantitative estimate of drug-likeness (QED) is 0.897. The maximum absolute atomic E-state index is 13.4. The van der Waals surface area contributed by atoms with E-state index in [1.165, 1.54) is 12.1 Å². The zero-order valence-electron chi connectivity index (χ0n) is 12.1. The number of H-pyrrole nitrogens is 1. The molecule has 0 saturated heterocycles. The van der Waals surface area contributed by atoms with Crippen LogP contribution in [-0.2, 0) is 4.79 Å². The van der Waals surface area contributed by atoms with Crippen LogP contribution in [0.4, 0.5) is 4.39 Å². The van der Waals surface area contributed by atoms with Gasteiger partial charge in [-0.15, -0.1) is 0 Å². The zero-order chi connectivity index (χ0) is 16.4. The first-order chi connectivity index (χ1) is 10.3. The number of aromatic amines is 1. The number of pyridine rings is 1. The van der Waals surface area contributed by atoms with Crippen LogP contribution in [0.2, 0.25) is 0 Å². The predicted molar refractivity (Wildman–Crippen MR) is 78.3 cm³/mol. The molecule has 0 aliphatic carbocycles. The molecular formula is C15H15FN2O4. The highest BCUT2D eigenvalue weighted by Gasteiger charge is 2.23. The Morgan fingerprint density at radius 2 is 2.00 bits per heavy atom. The third kappa shape index (κ3) is 3.13. The average molecular weight is 306 g/mol. The summed E-state index contributed by atoms with van der Waals surface area (Å²) >= 11 is 0. The molecule has 0 radical (unpaired) electrons. The van der Waals surface area contributed by atoms with Crippen LogP contribution in [0.5, 0.6) is 0 Å². The second-order valence-corrected chi connectivity index (χ2v) is 5.16. The predicted octanol–water partition coefficient (Wildman–Crippen LogP) is 1.60. The molecule has 1 heterocycles. The van der Waals surface area contributed by atoms with Crippen molar-refractivity contribution in [1.29, 1.82) is 0 Å². The van der Waals surface area contributed by atoms with Gasteiger partial charge in [0.2, 0.25) is 5.56 Å². The van der Waals surface area contributed by atoms with Gasteiger partial charge in [-0.1, -0.05) is 0 Å². The Morgan fingerprint density at radius 1 is 1.32 bits per heavy atom. The van der Waals surface area contributed by atoms with E-state index >= 15 is 0 Å². The lowest BCUT2D eigenvalue weighted by Crippen LogP contribution is -2.41. The highest BCUT2D eigenvalue weighted by atomic mass is 19.1. The Balaban J connectivity index is 2.61. The van der Waals surface area contributed by atoms with E-state index in [1.807, 2.05) is 0 Å². The summed E-state index contributed by atoms with van der Waals surface area (Å²) in [6.07, 6.45) is 0. The van der Waals surface area contributed by atoms with Crippen LogP contribution in [0.15, 0.2) is 29.1 Å². The number of nitrogens with zero attached hydrogens (tertiary/aromatic N) is 1. The Kier molecular flexibility index (Phi) is 4.25. The van der Waals surface area contributed by atoms with Gasteiger partial charge in [0.1, 0.15) is 12.4 Å². The van der Waals surface area contributed by atoms with Gasteiger partial charge in [0.25, 0.3) is 5.91 Å². The summed E-state index contributed by atoms with van der Waals surface area (Å²) in [5.41, 5.74) is -0.217. The summed E-state index contributed by atoms with van der Waals surface area (Å²) in [6.45, 7) is 2.83. The number of carbonyl (C=O) groups is 2. The van der Waals surface area contributed by atoms with Gasteiger partial charge >= 0.3 is 5.97 Å². The van der Waals surface area contributed by atoms with Crippen molar-refractivity contribution in [3.8, 4) is 0 Å². The summed E-state index contributed by atoms with van der Waals surface area (Å²) in [6, 6.07) is 4.34. The summed E-state index contributed by atoms with van der Waals surface area (Å²) in [7, 11) is 0. The van der Waals surface area contributed by atoms with E-state index in [0.29, 0.717) is 5.52 Å². The van der Waals surface area contributed by atoms with E-state index in [-0.39, 0.29) is 17.0 Å². The first kappa shape index (κ1) is 15.7. The monoisotopic (exact) mass is 306 g/mol. The molecule has 2 N–H and O–H groups in total. The van der Waals surface area contributed by atoms with Crippen molar-refractivity contribution >= 4 is 22.8 Å². The van der Waals surface area contributed by atoms with Gasteiger partial charge in [-0.2, -0.15) is 0 Å². The van der Waals surface area contributed by atoms with Gasteiger partial charge in [0.05, 0.1) is 5.56 Å². The number of hydrogen-bond acceptors (Lipinski definition) is 3. The number of carboxylic acids is 1. The largest absolute Gasteiger partial charge is 0.480 e. The number of nitrogens with one attached hydrogen (secondary N) is 1. The van der Waals surface area contributed by atoms with Crippen molar-refractivity contribution < 1.29 is 19.1 Å². The molecule has 1 amide bonds. The van der Waals surface area contributed by atoms with Crippen LogP contribution in [-0.4, -0.2) is 39.5 Å². The minimum Gasteiger partial charge on any atom is -0.480 e. The van der Waals surface area contributed by atoms with Gasteiger partial charge in [0.15, 0.2) is 0 Å². The van der Waals surface area contributed by atoms with Gasteiger partial charge < -0.3 is 15.0 Å². The summed E-state index contributed by atoms with van der Waals surface area (Å²) in [5, 5.41) is 9.16. The van der Waals surface area contributed by atoms with E-state index in [9.17, 15) is 18.8 Å². The summed E-state index contributed by atoms with van der Waals surface area (Å²) in [5.74, 6) is -2.34. The normalized spacial score (nSPS) is 10.9. The lowest BCUT2D eigenvalue weighted by Gasteiger charge is -2.25. The molecule has 7 heteroatoms. The molecule has 116 valence electrons. The van der Waals surface area contributed by atoms with E-state index in [1.54, 1.807) is 13.8 Å². The first-order valence-corrected chi connectivity index (χ1v) is 6.65. The van der Waals surface area contributed by atoms with Crippen molar-refractivity contribution in [3.63, 3.8) is 0 Å². The number of aromatic nitrogens is 1. The second-order valence-electron chi connectivity index (χ2n) is 5.16. The Labute approximate surface area is 125 Å². The fourth-order valence-corrected chi connectivity index (χ4v) is 2.19. The van der Waals surface area contributed by atoms with Crippen LogP contribution in [0.1, 0.15) is 24.2 Å². The number of fused-ring (bicyclic) bond motifs is 1. The van der Waals surface area contributed by atoms with Crippen LogP contribution in [0.25, 0.3) is 10.9 Å². The molecule has 2 rings (SSSR count). The molecular weight excluding hydrogens is 291 g/mol. The Bertz CT molecular complexity index is 798. The Morgan fingerprint density at radius 3 is 2.59 bits per heavy atom. The number of rotatable bonds is 4. The van der Waals surface area contributed by atoms with E-state index in [4.69, 9.17) is 5.11 Å². The van der Waals surface area contributed by atoms with Crippen LogP contribution in [0, 0.1) is 5.82 Å². The summed E-state index contributed by atoms with van der Waals surface area (Å²) < 4.78 is 13.4. The maximum Gasteiger partial charge on any atom is 0.323 e. The maximum atomic E-state index is 13.4. The lowest BCUT2D eigenvalue weighted by molar-refractivity contribution is -0.138. The fraction of sp³-hybridized carbons (Fsp3) is 0.267. The van der Waals surface area contributed by atoms with Gasteiger partial charge in [-0.3, -0.25) is 14.4 Å². The molecule has 0 fully saturated rings. The lowest BCUT2D eigenvalue weighted by atomic mass is 10.1. The molecule has 0 saturated carbocycles. The fourth-order valence-electron chi connectivity index (χ4n) is 2.19. The third-order valence-corrected chi connectivity index (χ3v) is 3.23. The van der Waals surface area contributed by atoms with E-state index < -0.39 is 29.8 Å². The molecule has 0 atom stereocenters. The van der Waals surface area contributed by atoms with E-state index in [2.05, 4.69) is 4.98 Å². The number of carbonyl (C=O) groups excluding carboxylic acids is 1. The Hall–Kier alpha value is -2.70. The molecule has 0 spiro atoms. The standard InChI is InChI=1S/C15H15FN2O4/c1-8(2)18(7-14(20)21)15(22)11-6-13(19)17-12-4-3-9(16)5-10(11)12/h3-6,8H,7H2,1-2H3,(H,17,19)(H,20,21). The van der Waals surface area contributed by atoms with Crippen LogP contribution < -0.4 is 5.56 Å². The van der Waals surface area contributed by atoms with Crippen molar-refractivity contribution in [2.45, 2.75) is 19.9 Å². The smallest absolute Gasteiger partial charge is 0.323 e. The number of aliphatic carboxylic acids is 1. The second kappa shape index (κ2) is 5.97. The molecule has 1 aromatic carbocycles. The number of benzene rings is 1. The van der Waals surface area contributed by atoms with Crippen molar-refractivity contribution in [2.24, 2.45) is 0 Å². The molecule has 1 aromatic heterocycles. The van der Waals surface area contributed by atoms with E-state index in [0.717, 1.165) is 17.0 Å².